The Morgan fingerprint density at radius 3 is 2.67 bits per heavy atom. The van der Waals surface area contributed by atoms with Gasteiger partial charge < -0.3 is 26.1 Å². The lowest BCUT2D eigenvalue weighted by molar-refractivity contribution is -0.117. The van der Waals surface area contributed by atoms with Gasteiger partial charge in [0, 0.05) is 17.6 Å². The fourth-order valence-corrected chi connectivity index (χ4v) is 3.18. The molecular weight excluding hydrogens is 415 g/mol. The lowest BCUT2D eigenvalue weighted by Crippen LogP contribution is -2.37. The number of nitrogens with one attached hydrogen (secondary N) is 3. The Labute approximate surface area is 193 Å². The summed E-state index contributed by atoms with van der Waals surface area (Å²) in [7, 11) is 5.98. The summed E-state index contributed by atoms with van der Waals surface area (Å²) in [5.74, 6) is 1.34. The molecule has 0 aliphatic carbocycles. The molecule has 0 saturated heterocycles. The van der Waals surface area contributed by atoms with Crippen molar-refractivity contribution >= 4 is 42.4 Å². The zero-order chi connectivity index (χ0) is 23.0. The second kappa shape index (κ2) is 10.5. The maximum atomic E-state index is 12.5. The van der Waals surface area contributed by atoms with Crippen LogP contribution in [0.5, 0.6) is 0 Å². The van der Waals surface area contributed by atoms with Crippen LogP contribution in [-0.4, -0.2) is 29.8 Å². The van der Waals surface area contributed by atoms with E-state index in [1.807, 2.05) is 54.6 Å². The first-order chi connectivity index (χ1) is 16.1. The molecule has 0 saturated carbocycles. The highest BCUT2D eigenvalue weighted by atomic mass is 16.3. The molecule has 0 aliphatic rings. The second-order valence-corrected chi connectivity index (χ2v) is 7.42. The Morgan fingerprint density at radius 1 is 1.06 bits per heavy atom. The number of anilines is 4. The summed E-state index contributed by atoms with van der Waals surface area (Å²) in [6.07, 6.45) is 3.58. The number of carbonyl (C=O) groups is 1. The van der Waals surface area contributed by atoms with Crippen molar-refractivity contribution < 1.29 is 9.21 Å². The zero-order valence-electron chi connectivity index (χ0n) is 17.9. The average molecular weight is 438 g/mol. The molecule has 1 amide bonds. The van der Waals surface area contributed by atoms with Crippen LogP contribution in [0.1, 0.15) is 11.3 Å². The number of amides is 1. The molecule has 4 aromatic rings. The summed E-state index contributed by atoms with van der Waals surface area (Å²) >= 11 is 0. The molecule has 2 heterocycles. The maximum Gasteiger partial charge on any atom is 0.241 e. The molecule has 8 nitrogen and oxygen atoms in total. The highest BCUT2D eigenvalue weighted by Gasteiger charge is 2.14. The summed E-state index contributed by atoms with van der Waals surface area (Å²) in [6.45, 7) is 0.443. The van der Waals surface area contributed by atoms with E-state index in [1.165, 1.54) is 6.20 Å². The molecule has 0 bridgehead atoms. The maximum absolute atomic E-state index is 12.5. The topological polar surface area (TPSA) is 118 Å². The fourth-order valence-electron chi connectivity index (χ4n) is 3.18. The molecule has 0 fully saturated rings. The molecule has 1 atom stereocenters. The van der Waals surface area contributed by atoms with Crippen molar-refractivity contribution in [3.8, 4) is 0 Å². The van der Waals surface area contributed by atoms with Crippen LogP contribution in [0.3, 0.4) is 0 Å². The van der Waals surface area contributed by atoms with Crippen molar-refractivity contribution in [2.45, 2.75) is 19.0 Å². The number of carbonyl (C=O) groups excluding carboxylic acids is 1. The first kappa shape index (κ1) is 22.1. The minimum Gasteiger partial charge on any atom is -0.467 e. The summed E-state index contributed by atoms with van der Waals surface area (Å²) in [6, 6.07) is 19.9. The standard InChI is InChI=1S/C24H23BN6O2/c25-20-15-28-24(31-22(20)27-14-19-10-5-11-33-19)30-18-9-4-8-17(13-18)29-23(32)21(26)12-16-6-2-1-3-7-16/h1-11,13,15,21H,12,14,26H2,(H,29,32)(H2,27,28,30,31). The summed E-state index contributed by atoms with van der Waals surface area (Å²) in [4.78, 5) is 21.2. The molecule has 9 heteroatoms. The Hall–Kier alpha value is -4.11. The first-order valence-corrected chi connectivity index (χ1v) is 10.4. The lowest BCUT2D eigenvalue weighted by atomic mass is 9.99. The third-order valence-electron chi connectivity index (χ3n) is 4.85. The van der Waals surface area contributed by atoms with Crippen LogP contribution >= 0.6 is 0 Å². The van der Waals surface area contributed by atoms with Crippen molar-refractivity contribution in [1.82, 2.24) is 9.97 Å². The van der Waals surface area contributed by atoms with E-state index < -0.39 is 6.04 Å². The van der Waals surface area contributed by atoms with Crippen molar-refractivity contribution in [2.75, 3.05) is 16.0 Å². The van der Waals surface area contributed by atoms with Gasteiger partial charge in [-0.25, -0.2) is 4.98 Å². The molecule has 5 N–H and O–H groups in total. The van der Waals surface area contributed by atoms with Gasteiger partial charge in [0.15, 0.2) is 0 Å². The van der Waals surface area contributed by atoms with Gasteiger partial charge >= 0.3 is 0 Å². The molecule has 33 heavy (non-hydrogen) atoms. The van der Waals surface area contributed by atoms with Crippen LogP contribution in [-0.2, 0) is 17.8 Å². The van der Waals surface area contributed by atoms with Gasteiger partial charge in [0.1, 0.15) is 19.4 Å². The van der Waals surface area contributed by atoms with Crippen LogP contribution in [0.15, 0.2) is 83.6 Å². The highest BCUT2D eigenvalue weighted by Crippen LogP contribution is 2.19. The second-order valence-electron chi connectivity index (χ2n) is 7.42. The van der Waals surface area contributed by atoms with Crippen LogP contribution in [0.4, 0.5) is 23.1 Å². The van der Waals surface area contributed by atoms with Gasteiger partial charge in [-0.1, -0.05) is 36.4 Å². The molecule has 2 aromatic heterocycles. The smallest absolute Gasteiger partial charge is 0.241 e. The molecule has 2 radical (unpaired) electrons. The van der Waals surface area contributed by atoms with Gasteiger partial charge in [0.25, 0.3) is 0 Å². The normalized spacial score (nSPS) is 11.5. The van der Waals surface area contributed by atoms with E-state index in [9.17, 15) is 4.79 Å². The molecular formula is C24H23BN6O2. The van der Waals surface area contributed by atoms with Crippen molar-refractivity contribution in [1.29, 1.82) is 0 Å². The van der Waals surface area contributed by atoms with Crippen molar-refractivity contribution in [2.24, 2.45) is 5.73 Å². The summed E-state index contributed by atoms with van der Waals surface area (Å²) in [5.41, 5.74) is 8.82. The van der Waals surface area contributed by atoms with E-state index in [0.717, 1.165) is 11.3 Å². The number of nitrogens with zero attached hydrogens (tertiary/aromatic N) is 2. The van der Waals surface area contributed by atoms with E-state index >= 15 is 0 Å². The number of hydrogen-bond donors (Lipinski definition) is 4. The number of hydrogen-bond acceptors (Lipinski definition) is 7. The minimum atomic E-state index is -0.660. The van der Waals surface area contributed by atoms with E-state index in [2.05, 4.69) is 25.9 Å². The van der Waals surface area contributed by atoms with Gasteiger partial charge in [0.05, 0.1) is 18.8 Å². The molecule has 1 unspecified atom stereocenters. The predicted molar refractivity (Wildman–Crippen MR) is 130 cm³/mol. The Kier molecular flexibility index (Phi) is 7.01. The number of aromatic nitrogens is 2. The molecule has 2 aromatic carbocycles. The fraction of sp³-hybridized carbons (Fsp3) is 0.125. The zero-order valence-corrected chi connectivity index (χ0v) is 17.9. The number of nitrogens with two attached hydrogens (primary N) is 1. The van der Waals surface area contributed by atoms with Gasteiger partial charge in [-0.05, 0) is 47.8 Å². The van der Waals surface area contributed by atoms with Gasteiger partial charge in [-0.2, -0.15) is 4.98 Å². The van der Waals surface area contributed by atoms with E-state index in [4.69, 9.17) is 18.0 Å². The van der Waals surface area contributed by atoms with Crippen LogP contribution in [0.2, 0.25) is 0 Å². The Balaban J connectivity index is 1.38. The molecule has 0 spiro atoms. The predicted octanol–water partition coefficient (Wildman–Crippen LogP) is 2.73. The molecule has 0 aliphatic heterocycles. The Morgan fingerprint density at radius 2 is 1.88 bits per heavy atom. The first-order valence-electron chi connectivity index (χ1n) is 10.4. The molecule has 164 valence electrons. The third kappa shape index (κ3) is 6.21. The average Bonchev–Trinajstić information content (AvgIpc) is 3.34. The van der Waals surface area contributed by atoms with Crippen LogP contribution in [0, 0.1) is 0 Å². The Bertz CT molecular complexity index is 1200. The van der Waals surface area contributed by atoms with E-state index in [-0.39, 0.29) is 5.91 Å². The minimum absolute atomic E-state index is 0.260. The monoisotopic (exact) mass is 438 g/mol. The summed E-state index contributed by atoms with van der Waals surface area (Å²) in [5, 5.41) is 9.11. The SMILES string of the molecule is [B]c1cnc(Nc2cccc(NC(=O)C(N)Cc3ccccc3)c2)nc1NCc1ccco1. The number of rotatable bonds is 9. The van der Waals surface area contributed by atoms with Gasteiger partial charge in [0.2, 0.25) is 11.9 Å². The van der Waals surface area contributed by atoms with E-state index in [1.54, 1.807) is 18.4 Å². The number of furan rings is 1. The number of benzene rings is 2. The van der Waals surface area contributed by atoms with Crippen molar-refractivity contribution in [3.63, 3.8) is 0 Å². The van der Waals surface area contributed by atoms with E-state index in [0.29, 0.717) is 41.6 Å². The largest absolute Gasteiger partial charge is 0.467 e. The quantitative estimate of drug-likeness (QED) is 0.297. The van der Waals surface area contributed by atoms with Gasteiger partial charge in [-0.15, -0.1) is 0 Å². The van der Waals surface area contributed by atoms with Gasteiger partial charge in [-0.3, -0.25) is 4.79 Å². The molecule has 4 rings (SSSR count). The van der Waals surface area contributed by atoms with Crippen LogP contribution < -0.4 is 27.1 Å². The van der Waals surface area contributed by atoms with Crippen LogP contribution in [0.25, 0.3) is 0 Å². The summed E-state index contributed by atoms with van der Waals surface area (Å²) < 4.78 is 5.31. The highest BCUT2D eigenvalue weighted by molar-refractivity contribution is 6.35. The van der Waals surface area contributed by atoms with Crippen molar-refractivity contribution in [3.05, 3.63) is 90.5 Å². The lowest BCUT2D eigenvalue weighted by Gasteiger charge is -2.14. The third-order valence-corrected chi connectivity index (χ3v) is 4.85.